The fraction of sp³-hybridized carbons (Fsp3) is 0.389. The Bertz CT molecular complexity index is 647. The van der Waals surface area contributed by atoms with Gasteiger partial charge in [-0.2, -0.15) is 0 Å². The fourth-order valence-electron chi connectivity index (χ4n) is 3.22. The molecule has 3 nitrogen and oxygen atoms in total. The number of piperidine rings is 1. The first kappa shape index (κ1) is 14.1. The van der Waals surface area contributed by atoms with Gasteiger partial charge in [0.15, 0.2) is 0 Å². The van der Waals surface area contributed by atoms with Crippen molar-refractivity contribution in [1.82, 2.24) is 4.90 Å². The smallest absolute Gasteiger partial charge is 0.254 e. The quantitative estimate of drug-likeness (QED) is 0.920. The number of hydrogen-bond acceptors (Lipinski definition) is 2. The summed E-state index contributed by atoms with van der Waals surface area (Å²) in [4.78, 5) is 15.0. The number of nitrogens with zero attached hydrogens (tertiary/aromatic N) is 1. The van der Waals surface area contributed by atoms with Crippen molar-refractivity contribution in [2.75, 3.05) is 13.1 Å². The van der Waals surface area contributed by atoms with Crippen LogP contribution in [-0.4, -0.2) is 29.9 Å². The molecule has 0 aliphatic carbocycles. The standard InChI is InChI=1S/C18H22N2O/c1-13-9-10-14(11-19)12-20(13)18(21)17-8-4-6-15-5-2-3-7-16(15)17/h2-8,13-14H,9-12,19H2,1H3. The second-order valence-corrected chi connectivity index (χ2v) is 6.01. The van der Waals surface area contributed by atoms with Crippen LogP contribution >= 0.6 is 0 Å². The number of carbonyl (C=O) groups excluding carboxylic acids is 1. The molecule has 2 unspecified atom stereocenters. The molecule has 0 spiro atoms. The second kappa shape index (κ2) is 5.86. The maximum Gasteiger partial charge on any atom is 0.254 e. The zero-order valence-electron chi connectivity index (χ0n) is 12.5. The number of nitrogens with two attached hydrogens (primary N) is 1. The third-order valence-electron chi connectivity index (χ3n) is 4.59. The van der Waals surface area contributed by atoms with Crippen LogP contribution in [0.4, 0.5) is 0 Å². The predicted octanol–water partition coefficient (Wildman–Crippen LogP) is 3.04. The second-order valence-electron chi connectivity index (χ2n) is 6.01. The lowest BCUT2D eigenvalue weighted by Crippen LogP contribution is -2.47. The Balaban J connectivity index is 1.96. The third kappa shape index (κ3) is 2.66. The van der Waals surface area contributed by atoms with Crippen LogP contribution in [0, 0.1) is 5.92 Å². The van der Waals surface area contributed by atoms with Gasteiger partial charge in [-0.25, -0.2) is 0 Å². The molecule has 2 N–H and O–H groups in total. The number of hydrogen-bond donors (Lipinski definition) is 1. The minimum atomic E-state index is 0.137. The van der Waals surface area contributed by atoms with E-state index in [-0.39, 0.29) is 5.91 Å². The van der Waals surface area contributed by atoms with Crippen LogP contribution in [0.1, 0.15) is 30.1 Å². The van der Waals surface area contributed by atoms with Gasteiger partial charge in [-0.15, -0.1) is 0 Å². The molecule has 1 heterocycles. The Morgan fingerprint density at radius 3 is 2.76 bits per heavy atom. The summed E-state index contributed by atoms with van der Waals surface area (Å²) in [6.07, 6.45) is 2.16. The third-order valence-corrected chi connectivity index (χ3v) is 4.59. The number of rotatable bonds is 2. The van der Waals surface area contributed by atoms with Gasteiger partial charge < -0.3 is 10.6 Å². The predicted molar refractivity (Wildman–Crippen MR) is 86.2 cm³/mol. The van der Waals surface area contributed by atoms with Crippen molar-refractivity contribution >= 4 is 16.7 Å². The Hall–Kier alpha value is -1.87. The van der Waals surface area contributed by atoms with Gasteiger partial charge in [0.1, 0.15) is 0 Å². The van der Waals surface area contributed by atoms with E-state index in [9.17, 15) is 4.79 Å². The normalized spacial score (nSPS) is 22.5. The van der Waals surface area contributed by atoms with Gasteiger partial charge in [-0.05, 0) is 49.1 Å². The van der Waals surface area contributed by atoms with E-state index >= 15 is 0 Å². The summed E-state index contributed by atoms with van der Waals surface area (Å²) >= 11 is 0. The largest absolute Gasteiger partial charge is 0.336 e. The molecular formula is C18H22N2O. The first-order valence-corrected chi connectivity index (χ1v) is 7.69. The van der Waals surface area contributed by atoms with Gasteiger partial charge in [0.25, 0.3) is 5.91 Å². The van der Waals surface area contributed by atoms with Crippen molar-refractivity contribution < 1.29 is 4.79 Å². The van der Waals surface area contributed by atoms with Gasteiger partial charge in [0.2, 0.25) is 0 Å². The lowest BCUT2D eigenvalue weighted by Gasteiger charge is -2.38. The fourth-order valence-corrected chi connectivity index (χ4v) is 3.22. The molecule has 2 aromatic carbocycles. The van der Waals surface area contributed by atoms with Crippen LogP contribution in [0.15, 0.2) is 42.5 Å². The molecule has 2 aromatic rings. The molecule has 0 aromatic heterocycles. The maximum atomic E-state index is 13.0. The summed E-state index contributed by atoms with van der Waals surface area (Å²) in [5, 5.41) is 2.15. The molecule has 0 radical (unpaired) electrons. The van der Waals surface area contributed by atoms with Crippen LogP contribution in [0.2, 0.25) is 0 Å². The van der Waals surface area contributed by atoms with Gasteiger partial charge in [-0.1, -0.05) is 36.4 Å². The number of likely N-dealkylation sites (tertiary alicyclic amines) is 1. The van der Waals surface area contributed by atoms with E-state index in [2.05, 4.69) is 19.1 Å². The average molecular weight is 282 g/mol. The van der Waals surface area contributed by atoms with E-state index in [1.807, 2.05) is 35.2 Å². The minimum absolute atomic E-state index is 0.137. The van der Waals surface area contributed by atoms with Crippen LogP contribution in [0.25, 0.3) is 10.8 Å². The lowest BCUT2D eigenvalue weighted by atomic mass is 9.92. The van der Waals surface area contributed by atoms with Crippen molar-refractivity contribution in [1.29, 1.82) is 0 Å². The van der Waals surface area contributed by atoms with E-state index in [0.717, 1.165) is 35.7 Å². The zero-order chi connectivity index (χ0) is 14.8. The van der Waals surface area contributed by atoms with Gasteiger partial charge >= 0.3 is 0 Å². The molecule has 1 aliphatic rings. The van der Waals surface area contributed by atoms with Crippen molar-refractivity contribution in [2.45, 2.75) is 25.8 Å². The summed E-state index contributed by atoms with van der Waals surface area (Å²) in [6.45, 7) is 3.57. The molecule has 2 atom stereocenters. The van der Waals surface area contributed by atoms with Crippen molar-refractivity contribution in [2.24, 2.45) is 11.7 Å². The summed E-state index contributed by atoms with van der Waals surface area (Å²) in [5.41, 5.74) is 6.61. The van der Waals surface area contributed by atoms with Crippen LogP contribution in [-0.2, 0) is 0 Å². The highest BCUT2D eigenvalue weighted by Gasteiger charge is 2.29. The number of amides is 1. The molecule has 0 bridgehead atoms. The van der Waals surface area contributed by atoms with Gasteiger partial charge in [-0.3, -0.25) is 4.79 Å². The molecule has 0 saturated carbocycles. The summed E-state index contributed by atoms with van der Waals surface area (Å²) in [5.74, 6) is 0.567. The summed E-state index contributed by atoms with van der Waals surface area (Å²) < 4.78 is 0. The molecule has 1 saturated heterocycles. The van der Waals surface area contributed by atoms with Gasteiger partial charge in [0, 0.05) is 18.2 Å². The van der Waals surface area contributed by atoms with E-state index in [1.165, 1.54) is 0 Å². The highest BCUT2D eigenvalue weighted by molar-refractivity contribution is 6.07. The first-order valence-electron chi connectivity index (χ1n) is 7.69. The van der Waals surface area contributed by atoms with Gasteiger partial charge in [0.05, 0.1) is 0 Å². The first-order chi connectivity index (χ1) is 10.2. The number of fused-ring (bicyclic) bond motifs is 1. The molecule has 110 valence electrons. The highest BCUT2D eigenvalue weighted by atomic mass is 16.2. The number of carbonyl (C=O) groups is 1. The van der Waals surface area contributed by atoms with E-state index in [0.29, 0.717) is 18.5 Å². The molecule has 1 aliphatic heterocycles. The maximum absolute atomic E-state index is 13.0. The van der Waals surface area contributed by atoms with Crippen molar-refractivity contribution in [3.05, 3.63) is 48.0 Å². The Morgan fingerprint density at radius 1 is 1.19 bits per heavy atom. The highest BCUT2D eigenvalue weighted by Crippen LogP contribution is 2.26. The van der Waals surface area contributed by atoms with Crippen molar-refractivity contribution in [3.63, 3.8) is 0 Å². The molecule has 1 amide bonds. The molecular weight excluding hydrogens is 260 g/mol. The van der Waals surface area contributed by atoms with Crippen LogP contribution in [0.5, 0.6) is 0 Å². The Labute approximate surface area is 125 Å². The Kier molecular flexibility index (Phi) is 3.93. The monoisotopic (exact) mass is 282 g/mol. The van der Waals surface area contributed by atoms with E-state index < -0.39 is 0 Å². The average Bonchev–Trinajstić information content (AvgIpc) is 2.54. The van der Waals surface area contributed by atoms with E-state index in [1.54, 1.807) is 0 Å². The van der Waals surface area contributed by atoms with Crippen LogP contribution in [0.3, 0.4) is 0 Å². The minimum Gasteiger partial charge on any atom is -0.336 e. The topological polar surface area (TPSA) is 46.3 Å². The summed E-state index contributed by atoms with van der Waals surface area (Å²) in [7, 11) is 0. The molecule has 3 rings (SSSR count). The van der Waals surface area contributed by atoms with Crippen molar-refractivity contribution in [3.8, 4) is 0 Å². The number of benzene rings is 2. The molecule has 1 fully saturated rings. The summed E-state index contributed by atoms with van der Waals surface area (Å²) in [6, 6.07) is 14.3. The van der Waals surface area contributed by atoms with E-state index in [4.69, 9.17) is 5.73 Å². The van der Waals surface area contributed by atoms with Crippen LogP contribution < -0.4 is 5.73 Å². The SMILES string of the molecule is CC1CCC(CN)CN1C(=O)c1cccc2ccccc12. The lowest BCUT2D eigenvalue weighted by molar-refractivity contribution is 0.0569. The zero-order valence-corrected chi connectivity index (χ0v) is 12.5. The Morgan fingerprint density at radius 2 is 1.95 bits per heavy atom. The molecule has 21 heavy (non-hydrogen) atoms. The molecule has 3 heteroatoms.